The van der Waals surface area contributed by atoms with Crippen LogP contribution in [0.4, 0.5) is 0 Å². The van der Waals surface area contributed by atoms with Crippen LogP contribution in [-0.4, -0.2) is 79.2 Å². The predicted octanol–water partition coefficient (Wildman–Crippen LogP) is 1.46. The zero-order valence-corrected chi connectivity index (χ0v) is 15.9. The van der Waals surface area contributed by atoms with Crippen molar-refractivity contribution >= 4 is 0 Å². The first-order valence-corrected chi connectivity index (χ1v) is 9.81. The lowest BCUT2D eigenvalue weighted by molar-refractivity contribution is 0.0305. The predicted molar refractivity (Wildman–Crippen MR) is 101 cm³/mol. The van der Waals surface area contributed by atoms with Gasteiger partial charge >= 0.3 is 0 Å². The highest BCUT2D eigenvalue weighted by atomic mass is 16.1. The number of likely N-dealkylation sites (N-methyl/N-ethyl adjacent to an activating group) is 1. The summed E-state index contributed by atoms with van der Waals surface area (Å²) < 4.78 is 2.13. The molecule has 25 heavy (non-hydrogen) atoms. The summed E-state index contributed by atoms with van der Waals surface area (Å²) in [5.74, 6) is 1.11. The summed E-state index contributed by atoms with van der Waals surface area (Å²) in [5, 5.41) is 0. The summed E-state index contributed by atoms with van der Waals surface area (Å²) in [6.07, 6.45) is 3.82. The van der Waals surface area contributed by atoms with E-state index in [-0.39, 0.29) is 5.56 Å². The van der Waals surface area contributed by atoms with E-state index in [1.807, 2.05) is 6.07 Å². The summed E-state index contributed by atoms with van der Waals surface area (Å²) in [6, 6.07) is 6.92. The van der Waals surface area contributed by atoms with Crippen LogP contribution in [0.2, 0.25) is 0 Å². The standard InChI is InChI=1S/C20H32N4O/c1-21(2)14-19-16-11-15(18-5-4-6-20(25)24(18)19)12-23(13-16)17-7-9-22(3)10-8-17/h4-6,15-17,19H,7-14H2,1-3H3/t15-,16+,19+/m1/s1. The molecule has 0 N–H and O–H groups in total. The Kier molecular flexibility index (Phi) is 4.73. The quantitative estimate of drug-likeness (QED) is 0.831. The van der Waals surface area contributed by atoms with Crippen molar-refractivity contribution in [3.63, 3.8) is 0 Å². The molecule has 3 atom stereocenters. The molecule has 0 radical (unpaired) electrons. The van der Waals surface area contributed by atoms with Crippen molar-refractivity contribution in [3.05, 3.63) is 34.2 Å². The number of nitrogens with zero attached hydrogens (tertiary/aromatic N) is 4. The lowest BCUT2D eigenvalue weighted by Crippen LogP contribution is -2.55. The summed E-state index contributed by atoms with van der Waals surface area (Å²) >= 11 is 0. The Balaban J connectivity index is 1.63. The zero-order chi connectivity index (χ0) is 17.6. The average molecular weight is 345 g/mol. The number of likely N-dealkylation sites (tertiary alicyclic amines) is 2. The van der Waals surface area contributed by atoms with Crippen LogP contribution in [0.25, 0.3) is 0 Å². The van der Waals surface area contributed by atoms with Crippen molar-refractivity contribution < 1.29 is 0 Å². The molecule has 0 spiro atoms. The van der Waals surface area contributed by atoms with Gasteiger partial charge in [-0.3, -0.25) is 9.69 Å². The molecule has 0 unspecified atom stereocenters. The molecule has 5 heteroatoms. The molecule has 2 saturated heterocycles. The minimum Gasteiger partial charge on any atom is -0.308 e. The molecule has 2 fully saturated rings. The van der Waals surface area contributed by atoms with Crippen LogP contribution in [0, 0.1) is 5.92 Å². The van der Waals surface area contributed by atoms with Gasteiger partial charge in [0.15, 0.2) is 0 Å². The Hall–Kier alpha value is -1.17. The fraction of sp³-hybridized carbons (Fsp3) is 0.750. The van der Waals surface area contributed by atoms with Crippen molar-refractivity contribution in [2.45, 2.75) is 37.3 Å². The van der Waals surface area contributed by atoms with Gasteiger partial charge in [0.1, 0.15) is 0 Å². The number of hydrogen-bond donors (Lipinski definition) is 0. The first-order chi connectivity index (χ1) is 12.0. The van der Waals surface area contributed by atoms with E-state index in [0.717, 1.165) is 25.7 Å². The third kappa shape index (κ3) is 3.29. The van der Waals surface area contributed by atoms with Crippen LogP contribution >= 0.6 is 0 Å². The van der Waals surface area contributed by atoms with Gasteiger partial charge in [0.2, 0.25) is 0 Å². The summed E-state index contributed by atoms with van der Waals surface area (Å²) in [4.78, 5) is 20.1. The molecule has 0 aromatic carbocycles. The molecule has 2 bridgehead atoms. The Morgan fingerprint density at radius 3 is 2.64 bits per heavy atom. The van der Waals surface area contributed by atoms with Crippen molar-refractivity contribution in [1.29, 1.82) is 0 Å². The molecule has 4 rings (SSSR count). The maximum atomic E-state index is 12.6. The fourth-order valence-corrected chi connectivity index (χ4v) is 5.34. The van der Waals surface area contributed by atoms with Crippen LogP contribution in [0.1, 0.15) is 36.9 Å². The summed E-state index contributed by atoms with van der Waals surface area (Å²) in [6.45, 7) is 5.67. The van der Waals surface area contributed by atoms with Crippen molar-refractivity contribution in [2.24, 2.45) is 5.92 Å². The molecule has 0 saturated carbocycles. The van der Waals surface area contributed by atoms with Crippen LogP contribution < -0.4 is 5.56 Å². The lowest BCUT2D eigenvalue weighted by atomic mass is 9.77. The number of pyridine rings is 1. The van der Waals surface area contributed by atoms with E-state index in [9.17, 15) is 4.79 Å². The monoisotopic (exact) mass is 344 g/mol. The van der Waals surface area contributed by atoms with Gasteiger partial charge in [-0.25, -0.2) is 0 Å². The average Bonchev–Trinajstić information content (AvgIpc) is 2.59. The van der Waals surface area contributed by atoms with Gasteiger partial charge in [-0.15, -0.1) is 0 Å². The van der Waals surface area contributed by atoms with Gasteiger partial charge in [-0.1, -0.05) is 6.07 Å². The third-order valence-corrected chi connectivity index (χ3v) is 6.58. The van der Waals surface area contributed by atoms with E-state index in [4.69, 9.17) is 0 Å². The van der Waals surface area contributed by atoms with Gasteiger partial charge in [-0.2, -0.15) is 0 Å². The van der Waals surface area contributed by atoms with E-state index in [2.05, 4.69) is 46.5 Å². The van der Waals surface area contributed by atoms with Crippen molar-refractivity contribution in [3.8, 4) is 0 Å². The highest BCUT2D eigenvalue weighted by Gasteiger charge is 2.42. The lowest BCUT2D eigenvalue weighted by Gasteiger charge is -2.50. The number of fused-ring (bicyclic) bond motifs is 4. The SMILES string of the molecule is CN(C)C[C@H]1[C@H]2C[C@H](CN(C3CCN(C)CC3)C2)c2cccc(=O)n21. The van der Waals surface area contributed by atoms with E-state index < -0.39 is 0 Å². The van der Waals surface area contributed by atoms with Gasteiger partial charge in [0.25, 0.3) is 5.56 Å². The Bertz CT molecular complexity index is 662. The minimum atomic E-state index is 0.187. The van der Waals surface area contributed by atoms with Gasteiger partial charge in [0.05, 0.1) is 6.04 Å². The van der Waals surface area contributed by atoms with Crippen LogP contribution in [0.5, 0.6) is 0 Å². The van der Waals surface area contributed by atoms with Crippen molar-refractivity contribution in [1.82, 2.24) is 19.3 Å². The van der Waals surface area contributed by atoms with E-state index in [1.165, 1.54) is 38.0 Å². The van der Waals surface area contributed by atoms with Gasteiger partial charge in [0, 0.05) is 43.4 Å². The summed E-state index contributed by atoms with van der Waals surface area (Å²) in [5.41, 5.74) is 1.46. The van der Waals surface area contributed by atoms with Crippen LogP contribution in [0.15, 0.2) is 23.0 Å². The molecule has 1 aromatic heterocycles. The zero-order valence-electron chi connectivity index (χ0n) is 15.9. The molecular formula is C20H32N4O. The largest absolute Gasteiger partial charge is 0.308 e. The molecule has 1 aromatic rings. The molecule has 0 aliphatic carbocycles. The molecule has 0 amide bonds. The number of piperidine rings is 2. The first kappa shape index (κ1) is 17.3. The number of hydrogen-bond acceptors (Lipinski definition) is 4. The first-order valence-electron chi connectivity index (χ1n) is 9.81. The number of aromatic nitrogens is 1. The van der Waals surface area contributed by atoms with Gasteiger partial charge in [-0.05, 0) is 65.5 Å². The second-order valence-corrected chi connectivity index (χ2v) is 8.67. The normalized spacial score (nSPS) is 31.3. The second kappa shape index (κ2) is 6.86. The molecule has 3 aliphatic rings. The van der Waals surface area contributed by atoms with Gasteiger partial charge < -0.3 is 14.4 Å². The fourth-order valence-electron chi connectivity index (χ4n) is 5.34. The second-order valence-electron chi connectivity index (χ2n) is 8.67. The molecular weight excluding hydrogens is 312 g/mol. The van der Waals surface area contributed by atoms with Crippen LogP contribution in [0.3, 0.4) is 0 Å². The van der Waals surface area contributed by atoms with Crippen molar-refractivity contribution in [2.75, 3.05) is 53.9 Å². The highest BCUT2D eigenvalue weighted by molar-refractivity contribution is 5.19. The Morgan fingerprint density at radius 2 is 1.92 bits per heavy atom. The Labute approximate surface area is 151 Å². The smallest absolute Gasteiger partial charge is 0.251 e. The highest BCUT2D eigenvalue weighted by Crippen LogP contribution is 2.42. The third-order valence-electron chi connectivity index (χ3n) is 6.58. The van der Waals surface area contributed by atoms with Crippen LogP contribution in [-0.2, 0) is 0 Å². The topological polar surface area (TPSA) is 31.7 Å². The minimum absolute atomic E-state index is 0.187. The molecule has 138 valence electrons. The maximum absolute atomic E-state index is 12.6. The van der Waals surface area contributed by atoms with E-state index in [1.54, 1.807) is 6.07 Å². The Morgan fingerprint density at radius 1 is 1.16 bits per heavy atom. The maximum Gasteiger partial charge on any atom is 0.251 e. The molecule has 5 nitrogen and oxygen atoms in total. The summed E-state index contributed by atoms with van der Waals surface area (Å²) in [7, 11) is 6.48. The molecule has 3 aliphatic heterocycles. The van der Waals surface area contributed by atoms with E-state index >= 15 is 0 Å². The van der Waals surface area contributed by atoms with E-state index in [0.29, 0.717) is 17.9 Å². The number of rotatable bonds is 3. The molecule has 4 heterocycles.